The van der Waals surface area contributed by atoms with Crippen LogP contribution >= 0.6 is 0 Å². The summed E-state index contributed by atoms with van der Waals surface area (Å²) in [5.41, 5.74) is 10.5. The van der Waals surface area contributed by atoms with Gasteiger partial charge in [-0.15, -0.1) is 0 Å². The first kappa shape index (κ1) is 32.9. The molecule has 0 amide bonds. The Labute approximate surface area is 332 Å². The average Bonchev–Trinajstić information content (AvgIpc) is 3.29. The molecule has 0 saturated heterocycles. The highest BCUT2D eigenvalue weighted by Gasteiger charge is 2.18. The third-order valence-corrected chi connectivity index (χ3v) is 11.6. The van der Waals surface area contributed by atoms with Crippen molar-refractivity contribution in [2.45, 2.75) is 0 Å². The van der Waals surface area contributed by atoms with Gasteiger partial charge >= 0.3 is 0 Å². The van der Waals surface area contributed by atoms with Crippen molar-refractivity contribution in [2.24, 2.45) is 0 Å². The van der Waals surface area contributed by atoms with Gasteiger partial charge in [0.2, 0.25) is 0 Å². The van der Waals surface area contributed by atoms with Gasteiger partial charge in [0.25, 0.3) is 0 Å². The summed E-state index contributed by atoms with van der Waals surface area (Å²) in [6.07, 6.45) is 0. The molecule has 0 aliphatic heterocycles. The van der Waals surface area contributed by atoms with Crippen molar-refractivity contribution >= 4 is 70.9 Å². The Kier molecular flexibility index (Phi) is 7.89. The Morgan fingerprint density at radius 3 is 1.37 bits per heavy atom. The first-order valence-corrected chi connectivity index (χ1v) is 19.7. The van der Waals surface area contributed by atoms with Gasteiger partial charge in [-0.3, -0.25) is 0 Å². The third-order valence-electron chi connectivity index (χ3n) is 11.6. The van der Waals surface area contributed by atoms with Crippen molar-refractivity contribution < 1.29 is 0 Å². The van der Waals surface area contributed by atoms with Crippen molar-refractivity contribution in [1.82, 2.24) is 0 Å². The Morgan fingerprint density at radius 2 is 0.667 bits per heavy atom. The maximum atomic E-state index is 2.42. The monoisotopic (exact) mass is 723 g/mol. The van der Waals surface area contributed by atoms with Gasteiger partial charge in [0, 0.05) is 17.1 Å². The van der Waals surface area contributed by atoms with E-state index in [9.17, 15) is 0 Å². The third kappa shape index (κ3) is 5.89. The molecule has 266 valence electrons. The standard InChI is InChI=1S/C56H37N/c1-3-14-44-34-46(24-20-38(44)10-1)54-33-32-50(37-56(54)47-25-21-39-11-2-4-15-45(39)35-47)57(49-31-28-43-23-22-41-13-6-8-18-53(41)55(43)36-49)48-29-26-42(27-30-48)52-19-9-16-40-12-5-7-17-51(40)52/h1-37H. The van der Waals surface area contributed by atoms with Crippen LogP contribution in [0.4, 0.5) is 17.1 Å². The van der Waals surface area contributed by atoms with Crippen LogP contribution in [0, 0.1) is 0 Å². The number of hydrogen-bond acceptors (Lipinski definition) is 1. The molecule has 57 heavy (non-hydrogen) atoms. The lowest BCUT2D eigenvalue weighted by atomic mass is 9.91. The zero-order chi connectivity index (χ0) is 37.7. The molecule has 0 bridgehead atoms. The summed E-state index contributed by atoms with van der Waals surface area (Å²) in [6.45, 7) is 0. The van der Waals surface area contributed by atoms with Crippen molar-refractivity contribution in [3.05, 3.63) is 224 Å². The second-order valence-electron chi connectivity index (χ2n) is 15.0. The smallest absolute Gasteiger partial charge is 0.0468 e. The predicted molar refractivity (Wildman–Crippen MR) is 245 cm³/mol. The van der Waals surface area contributed by atoms with Crippen LogP contribution < -0.4 is 4.90 Å². The minimum Gasteiger partial charge on any atom is -0.310 e. The lowest BCUT2D eigenvalue weighted by molar-refractivity contribution is 1.29. The minimum absolute atomic E-state index is 1.10. The SMILES string of the molecule is c1ccc2cc(-c3ccc(N(c4ccc(-c5cccc6ccccc56)cc4)c4ccc5ccc6ccccc6c5c4)cc3-c3ccc4ccccc4c3)ccc2c1. The van der Waals surface area contributed by atoms with Gasteiger partial charge in [0.1, 0.15) is 0 Å². The van der Waals surface area contributed by atoms with E-state index in [1.165, 1.54) is 87.2 Å². The van der Waals surface area contributed by atoms with Crippen LogP contribution in [0.1, 0.15) is 0 Å². The summed E-state index contributed by atoms with van der Waals surface area (Å²) in [4.78, 5) is 2.42. The van der Waals surface area contributed by atoms with E-state index in [1.807, 2.05) is 0 Å². The fourth-order valence-corrected chi connectivity index (χ4v) is 8.72. The van der Waals surface area contributed by atoms with Gasteiger partial charge in [-0.05, 0) is 136 Å². The fourth-order valence-electron chi connectivity index (χ4n) is 8.72. The number of anilines is 3. The zero-order valence-electron chi connectivity index (χ0n) is 31.3. The number of hydrogen-bond donors (Lipinski definition) is 0. The van der Waals surface area contributed by atoms with E-state index in [2.05, 4.69) is 229 Å². The van der Waals surface area contributed by atoms with Gasteiger partial charge in [-0.25, -0.2) is 0 Å². The molecule has 11 rings (SSSR count). The van der Waals surface area contributed by atoms with Crippen LogP contribution in [0.2, 0.25) is 0 Å². The quantitative estimate of drug-likeness (QED) is 0.154. The Bertz CT molecular complexity index is 3300. The van der Waals surface area contributed by atoms with E-state index in [0.29, 0.717) is 0 Å². The summed E-state index contributed by atoms with van der Waals surface area (Å²) in [7, 11) is 0. The van der Waals surface area contributed by atoms with Gasteiger partial charge < -0.3 is 4.90 Å². The maximum Gasteiger partial charge on any atom is 0.0468 e. The van der Waals surface area contributed by atoms with Crippen LogP contribution in [0.5, 0.6) is 0 Å². The van der Waals surface area contributed by atoms with Gasteiger partial charge in [-0.1, -0.05) is 176 Å². The van der Waals surface area contributed by atoms with Crippen LogP contribution in [0.15, 0.2) is 224 Å². The number of nitrogens with zero attached hydrogens (tertiary/aromatic N) is 1. The summed E-state index contributed by atoms with van der Waals surface area (Å²) in [5, 5.41) is 12.4. The molecule has 0 aliphatic carbocycles. The molecule has 0 heterocycles. The van der Waals surface area contributed by atoms with Gasteiger partial charge in [0.15, 0.2) is 0 Å². The lowest BCUT2D eigenvalue weighted by Crippen LogP contribution is -2.10. The van der Waals surface area contributed by atoms with Crippen molar-refractivity contribution in [1.29, 1.82) is 0 Å². The molecule has 0 unspecified atom stereocenters. The molecule has 0 N–H and O–H groups in total. The molecule has 0 radical (unpaired) electrons. The largest absolute Gasteiger partial charge is 0.310 e. The molecule has 0 spiro atoms. The van der Waals surface area contributed by atoms with Gasteiger partial charge in [0.05, 0.1) is 0 Å². The van der Waals surface area contributed by atoms with E-state index < -0.39 is 0 Å². The average molecular weight is 724 g/mol. The predicted octanol–water partition coefficient (Wildman–Crippen LogP) is 15.9. The summed E-state index contributed by atoms with van der Waals surface area (Å²) >= 11 is 0. The summed E-state index contributed by atoms with van der Waals surface area (Å²) < 4.78 is 0. The first-order valence-electron chi connectivity index (χ1n) is 19.7. The minimum atomic E-state index is 1.10. The molecule has 0 aliphatic rings. The molecule has 0 fully saturated rings. The number of rotatable bonds is 6. The normalized spacial score (nSPS) is 11.5. The van der Waals surface area contributed by atoms with Crippen molar-refractivity contribution in [3.8, 4) is 33.4 Å². The topological polar surface area (TPSA) is 3.24 Å². The number of benzene rings is 11. The maximum absolute atomic E-state index is 2.42. The fraction of sp³-hybridized carbons (Fsp3) is 0. The summed E-state index contributed by atoms with van der Waals surface area (Å²) in [5.74, 6) is 0. The molecule has 0 atom stereocenters. The van der Waals surface area contributed by atoms with Crippen LogP contribution in [0.25, 0.3) is 87.2 Å². The number of fused-ring (bicyclic) bond motifs is 6. The lowest BCUT2D eigenvalue weighted by Gasteiger charge is -2.27. The van der Waals surface area contributed by atoms with Crippen molar-refractivity contribution in [3.63, 3.8) is 0 Å². The molecule has 0 saturated carbocycles. The Morgan fingerprint density at radius 1 is 0.211 bits per heavy atom. The van der Waals surface area contributed by atoms with Crippen LogP contribution in [-0.2, 0) is 0 Å². The van der Waals surface area contributed by atoms with E-state index >= 15 is 0 Å². The van der Waals surface area contributed by atoms with Crippen LogP contribution in [0.3, 0.4) is 0 Å². The molecule has 1 heteroatoms. The second-order valence-corrected chi connectivity index (χ2v) is 15.0. The highest BCUT2D eigenvalue weighted by atomic mass is 15.1. The Balaban J connectivity index is 1.13. The van der Waals surface area contributed by atoms with E-state index in [4.69, 9.17) is 0 Å². The van der Waals surface area contributed by atoms with Crippen molar-refractivity contribution in [2.75, 3.05) is 4.90 Å². The first-order chi connectivity index (χ1) is 28.2. The molecule has 0 aromatic heterocycles. The molecule has 11 aromatic rings. The second kappa shape index (κ2) is 13.7. The molecular formula is C56H37N. The van der Waals surface area contributed by atoms with E-state index in [0.717, 1.165) is 17.1 Å². The highest BCUT2D eigenvalue weighted by molar-refractivity contribution is 6.09. The molecule has 1 nitrogen and oxygen atoms in total. The zero-order valence-corrected chi connectivity index (χ0v) is 31.3. The highest BCUT2D eigenvalue weighted by Crippen LogP contribution is 2.43. The van der Waals surface area contributed by atoms with E-state index in [1.54, 1.807) is 0 Å². The molecule has 11 aromatic carbocycles. The molecular weight excluding hydrogens is 687 g/mol. The van der Waals surface area contributed by atoms with Gasteiger partial charge in [-0.2, -0.15) is 0 Å². The Hall–Kier alpha value is -7.48. The van der Waals surface area contributed by atoms with Crippen LogP contribution in [-0.4, -0.2) is 0 Å². The van der Waals surface area contributed by atoms with E-state index in [-0.39, 0.29) is 0 Å². The summed E-state index contributed by atoms with van der Waals surface area (Å²) in [6, 6.07) is 82.3.